The maximum Gasteiger partial charge on any atom is 0.410 e. The van der Waals surface area contributed by atoms with Gasteiger partial charge in [0.25, 0.3) is 5.91 Å². The lowest BCUT2D eigenvalue weighted by atomic mass is 9.86. The normalized spacial score (nSPS) is 20.5. The first-order valence-electron chi connectivity index (χ1n) is 10.9. The van der Waals surface area contributed by atoms with E-state index in [1.807, 2.05) is 38.6 Å². The molecule has 1 N–H and O–H groups in total. The van der Waals surface area contributed by atoms with Crippen LogP contribution in [0.3, 0.4) is 0 Å². The molecule has 2 amide bonds. The van der Waals surface area contributed by atoms with Gasteiger partial charge in [-0.15, -0.1) is 11.8 Å². The Labute approximate surface area is 188 Å². The number of nitrogens with one attached hydrogen (secondary N) is 1. The van der Waals surface area contributed by atoms with E-state index in [1.165, 1.54) is 4.90 Å². The molecule has 0 aromatic heterocycles. The van der Waals surface area contributed by atoms with Gasteiger partial charge in [0.1, 0.15) is 5.60 Å². The van der Waals surface area contributed by atoms with Gasteiger partial charge in [-0.05, 0) is 61.4 Å². The first-order chi connectivity index (χ1) is 14.7. The summed E-state index contributed by atoms with van der Waals surface area (Å²) in [6.07, 6.45) is -0.282. The number of hydrogen-bond acceptors (Lipinski definition) is 4. The minimum Gasteiger partial charge on any atom is -0.444 e. The predicted molar refractivity (Wildman–Crippen MR) is 125 cm³/mol. The largest absolute Gasteiger partial charge is 0.444 e. The van der Waals surface area contributed by atoms with Crippen LogP contribution in [0.5, 0.6) is 0 Å². The second-order valence-corrected chi connectivity index (χ2v) is 10.6. The Morgan fingerprint density at radius 1 is 1.16 bits per heavy atom. The minimum absolute atomic E-state index is 0.0332. The monoisotopic (exact) mass is 438 g/mol. The zero-order chi connectivity index (χ0) is 22.2. The van der Waals surface area contributed by atoms with Crippen molar-refractivity contribution in [2.45, 2.75) is 44.1 Å². The van der Waals surface area contributed by atoms with E-state index >= 15 is 0 Å². The number of ether oxygens (including phenoxy) is 1. The Morgan fingerprint density at radius 3 is 2.68 bits per heavy atom. The smallest absolute Gasteiger partial charge is 0.410 e. The molecule has 4 rings (SSSR count). The highest BCUT2D eigenvalue weighted by Crippen LogP contribution is 2.38. The van der Waals surface area contributed by atoms with Crippen LogP contribution in [-0.4, -0.2) is 47.9 Å². The highest BCUT2D eigenvalue weighted by atomic mass is 32.2. The lowest BCUT2D eigenvalue weighted by molar-refractivity contribution is 0.0287. The SMILES string of the molecule is CCSc1cccc(-c2ccc3c(c2)C(=O)NCC2CN(C(=O)OC(C)(C)C)CC32)c1. The number of likely N-dealkylation sites (tertiary alicyclic amines) is 1. The molecule has 0 saturated carbocycles. The molecule has 2 atom stereocenters. The molecule has 2 aliphatic heterocycles. The van der Waals surface area contributed by atoms with E-state index in [0.29, 0.717) is 25.2 Å². The van der Waals surface area contributed by atoms with Crippen LogP contribution in [0.4, 0.5) is 4.79 Å². The van der Waals surface area contributed by atoms with Gasteiger partial charge in [0.15, 0.2) is 0 Å². The maximum atomic E-state index is 12.9. The average Bonchev–Trinajstić information content (AvgIpc) is 3.10. The molecule has 1 saturated heterocycles. The Morgan fingerprint density at radius 2 is 1.94 bits per heavy atom. The Hall–Kier alpha value is -2.47. The van der Waals surface area contributed by atoms with E-state index in [4.69, 9.17) is 4.74 Å². The van der Waals surface area contributed by atoms with Gasteiger partial charge in [-0.3, -0.25) is 4.79 Å². The first kappa shape index (κ1) is 21.8. The zero-order valence-electron chi connectivity index (χ0n) is 18.6. The number of thioether (sulfide) groups is 1. The summed E-state index contributed by atoms with van der Waals surface area (Å²) in [6.45, 7) is 9.51. The topological polar surface area (TPSA) is 58.6 Å². The Balaban J connectivity index is 1.63. The summed E-state index contributed by atoms with van der Waals surface area (Å²) in [5.74, 6) is 1.30. The van der Waals surface area contributed by atoms with Gasteiger partial charge in [0.2, 0.25) is 0 Å². The van der Waals surface area contributed by atoms with Crippen molar-refractivity contribution in [2.75, 3.05) is 25.4 Å². The summed E-state index contributed by atoms with van der Waals surface area (Å²) < 4.78 is 5.57. The van der Waals surface area contributed by atoms with Gasteiger partial charge in [0.05, 0.1) is 0 Å². The molecule has 2 aromatic rings. The molecule has 0 aliphatic carbocycles. The van der Waals surface area contributed by atoms with Gasteiger partial charge in [-0.1, -0.05) is 31.2 Å². The number of amides is 2. The number of benzene rings is 2. The molecule has 5 nitrogen and oxygen atoms in total. The molecule has 0 bridgehead atoms. The van der Waals surface area contributed by atoms with Crippen LogP contribution in [0.1, 0.15) is 49.5 Å². The number of carbonyl (C=O) groups is 2. The van der Waals surface area contributed by atoms with Crippen molar-refractivity contribution in [1.29, 1.82) is 0 Å². The second-order valence-electron chi connectivity index (χ2n) is 9.22. The van der Waals surface area contributed by atoms with Crippen molar-refractivity contribution in [3.8, 4) is 11.1 Å². The molecule has 2 aliphatic rings. The van der Waals surface area contributed by atoms with Crippen LogP contribution >= 0.6 is 11.8 Å². The summed E-state index contributed by atoms with van der Waals surface area (Å²) in [5.41, 5.74) is 3.36. The molecule has 164 valence electrons. The number of fused-ring (bicyclic) bond motifs is 3. The predicted octanol–water partition coefficient (Wildman–Crippen LogP) is 5.16. The van der Waals surface area contributed by atoms with E-state index in [-0.39, 0.29) is 23.8 Å². The molecule has 31 heavy (non-hydrogen) atoms. The molecule has 0 radical (unpaired) electrons. The molecule has 1 fully saturated rings. The van der Waals surface area contributed by atoms with Crippen LogP contribution in [0.2, 0.25) is 0 Å². The first-order valence-corrected chi connectivity index (χ1v) is 11.9. The van der Waals surface area contributed by atoms with Crippen LogP contribution in [-0.2, 0) is 4.74 Å². The second kappa shape index (κ2) is 8.58. The highest BCUT2D eigenvalue weighted by molar-refractivity contribution is 7.99. The van der Waals surface area contributed by atoms with Gasteiger partial charge < -0.3 is 15.0 Å². The van der Waals surface area contributed by atoms with E-state index in [0.717, 1.165) is 22.4 Å². The van der Waals surface area contributed by atoms with Crippen LogP contribution in [0, 0.1) is 5.92 Å². The average molecular weight is 439 g/mol. The van der Waals surface area contributed by atoms with E-state index in [9.17, 15) is 9.59 Å². The van der Waals surface area contributed by atoms with E-state index < -0.39 is 5.60 Å². The minimum atomic E-state index is -0.520. The van der Waals surface area contributed by atoms with Gasteiger partial charge in [-0.2, -0.15) is 0 Å². The highest BCUT2D eigenvalue weighted by Gasteiger charge is 2.41. The Bertz CT molecular complexity index is 999. The van der Waals surface area contributed by atoms with Crippen LogP contribution < -0.4 is 5.32 Å². The van der Waals surface area contributed by atoms with E-state index in [1.54, 1.807) is 4.90 Å². The molecular formula is C25H30N2O3S. The summed E-state index contributed by atoms with van der Waals surface area (Å²) in [4.78, 5) is 28.5. The van der Waals surface area contributed by atoms with Crippen LogP contribution in [0.25, 0.3) is 11.1 Å². The van der Waals surface area contributed by atoms with Crippen molar-refractivity contribution in [3.63, 3.8) is 0 Å². The fraction of sp³-hybridized carbons (Fsp3) is 0.440. The lowest BCUT2D eigenvalue weighted by Gasteiger charge is -2.24. The number of rotatable bonds is 3. The summed E-state index contributed by atoms with van der Waals surface area (Å²) >= 11 is 1.81. The molecule has 2 heterocycles. The van der Waals surface area contributed by atoms with Crippen LogP contribution in [0.15, 0.2) is 47.4 Å². The molecule has 2 aromatic carbocycles. The van der Waals surface area contributed by atoms with Crippen molar-refractivity contribution in [2.24, 2.45) is 5.92 Å². The standard InChI is InChI=1S/C25H30N2O3S/c1-5-31-19-8-6-7-16(11-19)17-9-10-20-21(12-17)23(28)26-13-18-14-27(15-22(18)20)24(29)30-25(2,3)4/h6-12,18,22H,5,13-15H2,1-4H3,(H,26,28). The third-order valence-corrected chi connectivity index (χ3v) is 6.67. The van der Waals surface area contributed by atoms with Crippen molar-refractivity contribution >= 4 is 23.8 Å². The quantitative estimate of drug-likeness (QED) is 0.673. The lowest BCUT2D eigenvalue weighted by Crippen LogP contribution is -2.36. The van der Waals surface area contributed by atoms with Gasteiger partial charge >= 0.3 is 6.09 Å². The summed E-state index contributed by atoms with van der Waals surface area (Å²) in [7, 11) is 0. The third-order valence-electron chi connectivity index (χ3n) is 5.79. The summed E-state index contributed by atoms with van der Waals surface area (Å²) in [6, 6.07) is 14.6. The fourth-order valence-corrected chi connectivity index (χ4v) is 5.13. The zero-order valence-corrected chi connectivity index (χ0v) is 19.4. The molecule has 0 spiro atoms. The Kier molecular flexibility index (Phi) is 6.02. The third kappa shape index (κ3) is 4.74. The van der Waals surface area contributed by atoms with Gasteiger partial charge in [0, 0.05) is 41.9 Å². The van der Waals surface area contributed by atoms with Crippen molar-refractivity contribution in [1.82, 2.24) is 10.2 Å². The van der Waals surface area contributed by atoms with Crippen molar-refractivity contribution < 1.29 is 14.3 Å². The summed E-state index contributed by atoms with van der Waals surface area (Å²) in [5, 5.41) is 3.07. The molecular weight excluding hydrogens is 408 g/mol. The number of hydrogen-bond donors (Lipinski definition) is 1. The molecule has 6 heteroatoms. The fourth-order valence-electron chi connectivity index (χ4n) is 4.41. The maximum absolute atomic E-state index is 12.9. The number of nitrogens with zero attached hydrogens (tertiary/aromatic N) is 1. The van der Waals surface area contributed by atoms with E-state index in [2.05, 4.69) is 48.6 Å². The van der Waals surface area contributed by atoms with Gasteiger partial charge in [-0.25, -0.2) is 4.79 Å². The molecule has 2 unspecified atom stereocenters. The number of carbonyl (C=O) groups excluding carboxylic acids is 2. The van der Waals surface area contributed by atoms with Crippen molar-refractivity contribution in [3.05, 3.63) is 53.6 Å².